The van der Waals surface area contributed by atoms with E-state index in [0.717, 1.165) is 45.0 Å². The molecular formula is C18H26N2O2. The summed E-state index contributed by atoms with van der Waals surface area (Å²) >= 11 is 0. The molecular weight excluding hydrogens is 276 g/mol. The maximum absolute atomic E-state index is 12.5. The number of ether oxygens (including phenoxy) is 1. The fourth-order valence-electron chi connectivity index (χ4n) is 3.57. The molecule has 2 aliphatic rings. The van der Waals surface area contributed by atoms with Crippen LogP contribution >= 0.6 is 0 Å². The number of anilines is 1. The Kier molecular flexibility index (Phi) is 4.79. The van der Waals surface area contributed by atoms with E-state index in [9.17, 15) is 4.79 Å². The molecule has 4 heteroatoms. The van der Waals surface area contributed by atoms with Gasteiger partial charge in [0.25, 0.3) is 0 Å². The van der Waals surface area contributed by atoms with Gasteiger partial charge < -0.3 is 9.64 Å². The number of amides is 1. The van der Waals surface area contributed by atoms with E-state index >= 15 is 0 Å². The van der Waals surface area contributed by atoms with Crippen molar-refractivity contribution in [1.29, 1.82) is 0 Å². The predicted molar refractivity (Wildman–Crippen MR) is 88.3 cm³/mol. The summed E-state index contributed by atoms with van der Waals surface area (Å²) in [5.41, 5.74) is 3.47. The molecule has 0 bridgehead atoms. The second kappa shape index (κ2) is 6.80. The van der Waals surface area contributed by atoms with Gasteiger partial charge in [-0.15, -0.1) is 0 Å². The molecule has 2 fully saturated rings. The second-order valence-corrected chi connectivity index (χ2v) is 6.71. The van der Waals surface area contributed by atoms with Crippen LogP contribution in [0.3, 0.4) is 0 Å². The van der Waals surface area contributed by atoms with Crippen LogP contribution in [0.4, 0.5) is 5.69 Å². The normalized spacial score (nSPS) is 23.8. The van der Waals surface area contributed by atoms with E-state index in [-0.39, 0.29) is 5.91 Å². The summed E-state index contributed by atoms with van der Waals surface area (Å²) in [4.78, 5) is 16.8. The van der Waals surface area contributed by atoms with Gasteiger partial charge in [-0.25, -0.2) is 0 Å². The Morgan fingerprint density at radius 3 is 2.59 bits per heavy atom. The van der Waals surface area contributed by atoms with E-state index in [2.05, 4.69) is 36.9 Å². The van der Waals surface area contributed by atoms with E-state index in [1.54, 1.807) is 0 Å². The zero-order valence-corrected chi connectivity index (χ0v) is 13.7. The minimum atomic E-state index is 0.216. The molecule has 3 rings (SSSR count). The molecule has 0 spiro atoms. The van der Waals surface area contributed by atoms with Crippen LogP contribution in [0, 0.1) is 19.8 Å². The molecule has 0 saturated carbocycles. The van der Waals surface area contributed by atoms with Gasteiger partial charge in [-0.2, -0.15) is 0 Å². The van der Waals surface area contributed by atoms with Crippen LogP contribution in [0.2, 0.25) is 0 Å². The van der Waals surface area contributed by atoms with Gasteiger partial charge in [-0.05, 0) is 55.9 Å². The van der Waals surface area contributed by atoms with Crippen molar-refractivity contribution in [3.05, 3.63) is 29.3 Å². The topological polar surface area (TPSA) is 32.8 Å². The van der Waals surface area contributed by atoms with E-state index in [1.807, 2.05) is 4.90 Å². The molecule has 0 radical (unpaired) electrons. The van der Waals surface area contributed by atoms with Crippen molar-refractivity contribution in [2.45, 2.75) is 26.7 Å². The molecule has 0 unspecified atom stereocenters. The molecule has 1 aromatic carbocycles. The highest BCUT2D eigenvalue weighted by Crippen LogP contribution is 2.22. The molecule has 0 aromatic heterocycles. The van der Waals surface area contributed by atoms with Crippen LogP contribution in [0.5, 0.6) is 0 Å². The molecule has 2 saturated heterocycles. The van der Waals surface area contributed by atoms with Crippen LogP contribution in [-0.2, 0) is 9.53 Å². The van der Waals surface area contributed by atoms with Crippen LogP contribution in [0.15, 0.2) is 18.2 Å². The Bertz CT molecular complexity index is 518. The van der Waals surface area contributed by atoms with Gasteiger partial charge >= 0.3 is 0 Å². The Labute approximate surface area is 133 Å². The van der Waals surface area contributed by atoms with Gasteiger partial charge in [0.05, 0.1) is 13.2 Å². The van der Waals surface area contributed by atoms with E-state index in [0.29, 0.717) is 12.5 Å². The molecule has 0 N–H and O–H groups in total. The number of aryl methyl sites for hydroxylation is 2. The number of benzene rings is 1. The Hall–Kier alpha value is -1.39. The third kappa shape index (κ3) is 3.68. The van der Waals surface area contributed by atoms with Crippen LogP contribution in [0.25, 0.3) is 0 Å². The molecule has 2 heterocycles. The number of carbonyl (C=O) groups is 1. The fraction of sp³-hybridized carbons (Fsp3) is 0.611. The Morgan fingerprint density at radius 1 is 1.18 bits per heavy atom. The second-order valence-electron chi connectivity index (χ2n) is 6.71. The fourth-order valence-corrected chi connectivity index (χ4v) is 3.57. The highest BCUT2D eigenvalue weighted by atomic mass is 16.5. The van der Waals surface area contributed by atoms with Crippen LogP contribution < -0.4 is 4.90 Å². The summed E-state index contributed by atoms with van der Waals surface area (Å²) in [5.74, 6) is 0.808. The average Bonchev–Trinajstić information content (AvgIpc) is 2.47. The van der Waals surface area contributed by atoms with Gasteiger partial charge in [0.1, 0.15) is 0 Å². The summed E-state index contributed by atoms with van der Waals surface area (Å²) in [6.45, 7) is 9.18. The maximum atomic E-state index is 12.5. The molecule has 4 nitrogen and oxygen atoms in total. The van der Waals surface area contributed by atoms with Gasteiger partial charge in [-0.1, -0.05) is 6.07 Å². The first kappa shape index (κ1) is 15.5. The van der Waals surface area contributed by atoms with Crippen molar-refractivity contribution in [2.24, 2.45) is 5.92 Å². The quantitative estimate of drug-likeness (QED) is 0.859. The summed E-state index contributed by atoms with van der Waals surface area (Å²) in [7, 11) is 0. The molecule has 0 aliphatic carbocycles. The monoisotopic (exact) mass is 302 g/mol. The largest absolute Gasteiger partial charge is 0.381 e. The number of rotatable bonds is 3. The number of nitrogens with zero attached hydrogens (tertiary/aromatic N) is 2. The van der Waals surface area contributed by atoms with E-state index in [1.165, 1.54) is 17.5 Å². The molecule has 1 amide bonds. The standard InChI is InChI=1S/C18H26N2O2/c1-14-8-15(2)10-17(9-14)20-6-5-19(12-18(20)21)11-16-4-3-7-22-13-16/h8-10,16H,3-7,11-13H2,1-2H3/t16-/m0/s1. The van der Waals surface area contributed by atoms with Gasteiger partial charge in [0, 0.05) is 31.9 Å². The van der Waals surface area contributed by atoms with Gasteiger partial charge in [0.15, 0.2) is 0 Å². The lowest BCUT2D eigenvalue weighted by molar-refractivity contribution is -0.121. The smallest absolute Gasteiger partial charge is 0.241 e. The minimum absolute atomic E-state index is 0.216. The summed E-state index contributed by atoms with van der Waals surface area (Å²) in [5, 5.41) is 0. The average molecular weight is 302 g/mol. The number of carbonyl (C=O) groups excluding carboxylic acids is 1. The number of piperazine rings is 1. The molecule has 22 heavy (non-hydrogen) atoms. The maximum Gasteiger partial charge on any atom is 0.241 e. The van der Waals surface area contributed by atoms with Crippen molar-refractivity contribution in [2.75, 3.05) is 44.3 Å². The first-order chi connectivity index (χ1) is 10.6. The third-order valence-electron chi connectivity index (χ3n) is 4.59. The zero-order chi connectivity index (χ0) is 15.5. The predicted octanol–water partition coefficient (Wildman–Crippen LogP) is 2.38. The Balaban J connectivity index is 1.61. The molecule has 1 atom stereocenters. The SMILES string of the molecule is Cc1cc(C)cc(N2CCN(C[C@@H]3CCCOC3)CC2=O)c1. The lowest BCUT2D eigenvalue weighted by Crippen LogP contribution is -2.52. The minimum Gasteiger partial charge on any atom is -0.381 e. The Morgan fingerprint density at radius 2 is 1.95 bits per heavy atom. The van der Waals surface area contributed by atoms with Crippen molar-refractivity contribution >= 4 is 11.6 Å². The van der Waals surface area contributed by atoms with Crippen molar-refractivity contribution < 1.29 is 9.53 Å². The lowest BCUT2D eigenvalue weighted by Gasteiger charge is -2.37. The first-order valence-corrected chi connectivity index (χ1v) is 8.30. The van der Waals surface area contributed by atoms with Crippen molar-refractivity contribution in [3.8, 4) is 0 Å². The van der Waals surface area contributed by atoms with Crippen LogP contribution in [-0.4, -0.2) is 50.2 Å². The molecule has 120 valence electrons. The third-order valence-corrected chi connectivity index (χ3v) is 4.59. The van der Waals surface area contributed by atoms with Gasteiger partial charge in [0.2, 0.25) is 5.91 Å². The summed E-state index contributed by atoms with van der Waals surface area (Å²) < 4.78 is 5.55. The molecule has 2 aliphatic heterocycles. The highest BCUT2D eigenvalue weighted by Gasteiger charge is 2.27. The van der Waals surface area contributed by atoms with Crippen LogP contribution in [0.1, 0.15) is 24.0 Å². The van der Waals surface area contributed by atoms with Crippen molar-refractivity contribution in [1.82, 2.24) is 4.90 Å². The van der Waals surface area contributed by atoms with E-state index in [4.69, 9.17) is 4.74 Å². The molecule has 1 aromatic rings. The first-order valence-electron chi connectivity index (χ1n) is 8.30. The summed E-state index contributed by atoms with van der Waals surface area (Å²) in [6, 6.07) is 6.36. The van der Waals surface area contributed by atoms with E-state index < -0.39 is 0 Å². The van der Waals surface area contributed by atoms with Crippen molar-refractivity contribution in [3.63, 3.8) is 0 Å². The lowest BCUT2D eigenvalue weighted by atomic mass is 10.0. The number of hydrogen-bond donors (Lipinski definition) is 0. The van der Waals surface area contributed by atoms with Gasteiger partial charge in [-0.3, -0.25) is 9.69 Å². The summed E-state index contributed by atoms with van der Waals surface area (Å²) in [6.07, 6.45) is 2.38. The zero-order valence-electron chi connectivity index (χ0n) is 13.7. The highest BCUT2D eigenvalue weighted by molar-refractivity contribution is 5.95. The number of hydrogen-bond acceptors (Lipinski definition) is 3.